The molecule has 18 heavy (non-hydrogen) atoms. The fourth-order valence-corrected chi connectivity index (χ4v) is 3.10. The summed E-state index contributed by atoms with van der Waals surface area (Å²) in [6.45, 7) is 3.41. The molecular weight excluding hydrogens is 218 g/mol. The highest BCUT2D eigenvalue weighted by atomic mass is 14.9. The lowest BCUT2D eigenvalue weighted by Crippen LogP contribution is -2.31. The van der Waals surface area contributed by atoms with Gasteiger partial charge >= 0.3 is 0 Å². The van der Waals surface area contributed by atoms with Crippen LogP contribution >= 0.6 is 0 Å². The van der Waals surface area contributed by atoms with E-state index in [9.17, 15) is 0 Å². The average molecular weight is 249 g/mol. The predicted molar refractivity (Wildman–Crippen MR) is 80.6 cm³/mol. The van der Waals surface area contributed by atoms with E-state index in [0.29, 0.717) is 6.04 Å². The second-order valence-corrected chi connectivity index (χ2v) is 5.84. The van der Waals surface area contributed by atoms with E-state index in [0.717, 1.165) is 18.9 Å². The van der Waals surface area contributed by atoms with Gasteiger partial charge in [-0.15, -0.1) is 12.3 Å². The van der Waals surface area contributed by atoms with Crippen LogP contribution in [-0.4, -0.2) is 12.6 Å². The number of rotatable bonds is 8. The molecular formula is C17H31N. The first-order chi connectivity index (χ1) is 8.86. The molecule has 1 unspecified atom stereocenters. The van der Waals surface area contributed by atoms with Crippen molar-refractivity contribution in [3.05, 3.63) is 0 Å². The van der Waals surface area contributed by atoms with E-state index in [4.69, 9.17) is 6.42 Å². The first-order valence-corrected chi connectivity index (χ1v) is 8.03. The molecule has 0 bridgehead atoms. The molecule has 1 rings (SSSR count). The third kappa shape index (κ3) is 7.07. The highest BCUT2D eigenvalue weighted by Crippen LogP contribution is 2.27. The van der Waals surface area contributed by atoms with Crippen molar-refractivity contribution in [1.29, 1.82) is 0 Å². The average Bonchev–Trinajstić information content (AvgIpc) is 2.64. The van der Waals surface area contributed by atoms with E-state index in [2.05, 4.69) is 18.2 Å². The van der Waals surface area contributed by atoms with Crippen LogP contribution in [0.2, 0.25) is 0 Å². The van der Waals surface area contributed by atoms with Crippen molar-refractivity contribution < 1.29 is 0 Å². The zero-order valence-corrected chi connectivity index (χ0v) is 12.2. The zero-order valence-electron chi connectivity index (χ0n) is 12.2. The monoisotopic (exact) mass is 249 g/mol. The fourth-order valence-electron chi connectivity index (χ4n) is 3.10. The quantitative estimate of drug-likeness (QED) is 0.379. The van der Waals surface area contributed by atoms with Crippen molar-refractivity contribution in [2.45, 2.75) is 83.6 Å². The molecule has 1 atom stereocenters. The maximum atomic E-state index is 5.35. The van der Waals surface area contributed by atoms with Gasteiger partial charge in [0.1, 0.15) is 0 Å². The minimum Gasteiger partial charge on any atom is -0.314 e. The lowest BCUT2D eigenvalue weighted by Gasteiger charge is -2.23. The summed E-state index contributed by atoms with van der Waals surface area (Å²) in [5, 5.41) is 3.73. The molecule has 0 aromatic carbocycles. The van der Waals surface area contributed by atoms with Gasteiger partial charge in [0.2, 0.25) is 0 Å². The van der Waals surface area contributed by atoms with Gasteiger partial charge in [0.15, 0.2) is 0 Å². The summed E-state index contributed by atoms with van der Waals surface area (Å²) in [7, 11) is 0. The SMILES string of the molecule is C#CCCCC(CC1CCCCCC1)NCCC. The predicted octanol–water partition coefficient (Wildman–Crippen LogP) is 4.52. The summed E-state index contributed by atoms with van der Waals surface area (Å²) in [5.41, 5.74) is 0. The molecule has 104 valence electrons. The van der Waals surface area contributed by atoms with Gasteiger partial charge in [0, 0.05) is 12.5 Å². The van der Waals surface area contributed by atoms with Crippen LogP contribution in [0.1, 0.15) is 77.6 Å². The van der Waals surface area contributed by atoms with Crippen molar-refractivity contribution in [3.8, 4) is 12.3 Å². The number of unbranched alkanes of at least 4 members (excludes halogenated alkanes) is 1. The Labute approximate surface area is 114 Å². The van der Waals surface area contributed by atoms with Crippen LogP contribution < -0.4 is 5.32 Å². The van der Waals surface area contributed by atoms with Crippen LogP contribution in [0.4, 0.5) is 0 Å². The summed E-state index contributed by atoms with van der Waals surface area (Å²) in [6, 6.07) is 0.710. The lowest BCUT2D eigenvalue weighted by molar-refractivity contribution is 0.336. The minimum atomic E-state index is 0.710. The Kier molecular flexibility index (Phi) is 9.04. The third-order valence-electron chi connectivity index (χ3n) is 4.15. The topological polar surface area (TPSA) is 12.0 Å². The van der Waals surface area contributed by atoms with Crippen LogP contribution in [0.5, 0.6) is 0 Å². The van der Waals surface area contributed by atoms with Crippen molar-refractivity contribution in [2.24, 2.45) is 5.92 Å². The van der Waals surface area contributed by atoms with Crippen molar-refractivity contribution >= 4 is 0 Å². The first-order valence-electron chi connectivity index (χ1n) is 8.03. The lowest BCUT2D eigenvalue weighted by atomic mass is 9.90. The largest absolute Gasteiger partial charge is 0.314 e. The van der Waals surface area contributed by atoms with Gasteiger partial charge in [-0.3, -0.25) is 0 Å². The molecule has 0 radical (unpaired) electrons. The Morgan fingerprint density at radius 2 is 1.94 bits per heavy atom. The second kappa shape index (κ2) is 10.4. The Morgan fingerprint density at radius 1 is 1.22 bits per heavy atom. The van der Waals surface area contributed by atoms with Gasteiger partial charge in [-0.25, -0.2) is 0 Å². The summed E-state index contributed by atoms with van der Waals surface area (Å²) >= 11 is 0. The number of hydrogen-bond acceptors (Lipinski definition) is 1. The Hall–Kier alpha value is -0.480. The molecule has 0 saturated heterocycles. The Morgan fingerprint density at radius 3 is 2.56 bits per heavy atom. The number of hydrogen-bond donors (Lipinski definition) is 1. The molecule has 1 N–H and O–H groups in total. The molecule has 0 aliphatic heterocycles. The third-order valence-corrected chi connectivity index (χ3v) is 4.15. The van der Waals surface area contributed by atoms with Crippen LogP contribution in [0, 0.1) is 18.3 Å². The molecule has 0 amide bonds. The van der Waals surface area contributed by atoms with Gasteiger partial charge in [-0.2, -0.15) is 0 Å². The standard InChI is InChI=1S/C17H31N/c1-3-5-8-13-17(18-14-4-2)15-16-11-9-6-7-10-12-16/h1,16-18H,4-15H2,2H3. The van der Waals surface area contributed by atoms with Gasteiger partial charge in [-0.1, -0.05) is 45.4 Å². The molecule has 1 aliphatic carbocycles. The highest BCUT2D eigenvalue weighted by molar-refractivity contribution is 4.84. The first kappa shape index (κ1) is 15.6. The van der Waals surface area contributed by atoms with Crippen molar-refractivity contribution in [1.82, 2.24) is 5.32 Å². The number of terminal acetylenes is 1. The molecule has 1 saturated carbocycles. The van der Waals surface area contributed by atoms with E-state index in [1.165, 1.54) is 64.2 Å². The van der Waals surface area contributed by atoms with Crippen LogP contribution in [0.3, 0.4) is 0 Å². The van der Waals surface area contributed by atoms with Gasteiger partial charge in [0.05, 0.1) is 0 Å². The van der Waals surface area contributed by atoms with Crippen LogP contribution in [0.25, 0.3) is 0 Å². The molecule has 1 heteroatoms. The summed E-state index contributed by atoms with van der Waals surface area (Å²) in [5.74, 6) is 3.73. The van der Waals surface area contributed by atoms with Crippen molar-refractivity contribution in [2.75, 3.05) is 6.54 Å². The Bertz CT molecular complexity index is 220. The molecule has 1 fully saturated rings. The molecule has 1 nitrogen and oxygen atoms in total. The van der Waals surface area contributed by atoms with Crippen LogP contribution in [-0.2, 0) is 0 Å². The van der Waals surface area contributed by atoms with Crippen molar-refractivity contribution in [3.63, 3.8) is 0 Å². The van der Waals surface area contributed by atoms with E-state index >= 15 is 0 Å². The van der Waals surface area contributed by atoms with E-state index < -0.39 is 0 Å². The summed E-state index contributed by atoms with van der Waals surface area (Å²) in [6.07, 6.45) is 20.1. The molecule has 1 aliphatic rings. The Balaban J connectivity index is 2.30. The van der Waals surface area contributed by atoms with E-state index in [1.807, 2.05) is 0 Å². The summed E-state index contributed by atoms with van der Waals surface area (Å²) in [4.78, 5) is 0. The zero-order chi connectivity index (χ0) is 13.1. The second-order valence-electron chi connectivity index (χ2n) is 5.84. The highest BCUT2D eigenvalue weighted by Gasteiger charge is 2.17. The van der Waals surface area contributed by atoms with Gasteiger partial charge in [0.25, 0.3) is 0 Å². The van der Waals surface area contributed by atoms with Crippen LogP contribution in [0.15, 0.2) is 0 Å². The van der Waals surface area contributed by atoms with E-state index in [-0.39, 0.29) is 0 Å². The molecule has 0 spiro atoms. The fraction of sp³-hybridized carbons (Fsp3) is 0.882. The molecule has 0 aromatic rings. The van der Waals surface area contributed by atoms with Gasteiger partial charge < -0.3 is 5.32 Å². The minimum absolute atomic E-state index is 0.710. The van der Waals surface area contributed by atoms with E-state index in [1.54, 1.807) is 0 Å². The normalized spacial score (nSPS) is 19.1. The smallest absolute Gasteiger partial charge is 0.00866 e. The molecule has 0 heterocycles. The van der Waals surface area contributed by atoms with Gasteiger partial charge in [-0.05, 0) is 38.1 Å². The maximum absolute atomic E-state index is 5.35. The maximum Gasteiger partial charge on any atom is 0.00866 e. The molecule has 0 aromatic heterocycles. The number of nitrogens with one attached hydrogen (secondary N) is 1. The summed E-state index contributed by atoms with van der Waals surface area (Å²) < 4.78 is 0.